The van der Waals surface area contributed by atoms with Crippen LogP contribution in [0.1, 0.15) is 13.8 Å². The molecule has 0 aromatic heterocycles. The van der Waals surface area contributed by atoms with Gasteiger partial charge in [-0.05, 0) is 13.8 Å². The fraction of sp³-hybridized carbons (Fsp3) is 1.00. The fourth-order valence-electron chi connectivity index (χ4n) is 0. The summed E-state index contributed by atoms with van der Waals surface area (Å²) in [5, 5.41) is 0. The first-order chi connectivity index (χ1) is 6.64. The van der Waals surface area contributed by atoms with E-state index in [9.17, 15) is 0 Å². The molecule has 12 heteroatoms. The molecule has 0 aliphatic heterocycles. The van der Waals surface area contributed by atoms with Gasteiger partial charge in [-0.3, -0.25) is 0 Å². The molecule has 2 unspecified atom stereocenters. The van der Waals surface area contributed by atoms with Crippen molar-refractivity contribution in [3.05, 3.63) is 0 Å². The van der Waals surface area contributed by atoms with Crippen molar-refractivity contribution in [2.75, 3.05) is 0 Å². The number of hydrogen-bond acceptors (Lipinski definition) is 8. The molecule has 0 aliphatic carbocycles. The Hall–Kier alpha value is 0.180. The molecule has 0 amide bonds. The van der Waals surface area contributed by atoms with Crippen LogP contribution < -0.4 is 48.7 Å². The maximum atomic E-state index is 8.49. The van der Waals surface area contributed by atoms with E-state index >= 15 is 0 Å². The van der Waals surface area contributed by atoms with Crippen LogP contribution in [0.15, 0.2) is 0 Å². The van der Waals surface area contributed by atoms with Crippen molar-refractivity contribution in [2.24, 2.45) is 0 Å². The average molecular weight is 289 g/mol. The summed E-state index contributed by atoms with van der Waals surface area (Å²) >= 11 is 0. The van der Waals surface area contributed by atoms with Gasteiger partial charge in [0, 0.05) is 0 Å². The highest BCUT2D eigenvalue weighted by Crippen LogP contribution is 1.71. The van der Waals surface area contributed by atoms with Crippen molar-refractivity contribution in [2.45, 2.75) is 25.9 Å². The van der Waals surface area contributed by atoms with Gasteiger partial charge in [-0.25, -0.2) is 37.3 Å². The number of rotatable bonds is 1. The topological polar surface area (TPSA) is 240 Å². The first-order valence-corrected chi connectivity index (χ1v) is 6.01. The summed E-state index contributed by atoms with van der Waals surface area (Å²) in [4.78, 5) is 0. The van der Waals surface area contributed by atoms with Gasteiger partial charge in [0.05, 0.1) is 0 Å². The van der Waals surface area contributed by atoms with E-state index in [-0.39, 0.29) is 0 Å². The van der Waals surface area contributed by atoms with E-state index in [0.29, 0.717) is 12.1 Å². The first kappa shape index (κ1) is 21.5. The molecule has 0 saturated carbocycles. The van der Waals surface area contributed by atoms with E-state index in [1.165, 1.54) is 0 Å². The highest BCUT2D eigenvalue weighted by Gasteiger charge is 2.04. The Morgan fingerprint density at radius 3 is 0.688 bits per heavy atom. The van der Waals surface area contributed by atoms with Crippen LogP contribution >= 0.6 is 0 Å². The maximum Gasteiger partial charge on any atom is 0.133 e. The minimum Gasteiger partial charge on any atom is -0.350 e. The molecule has 10 nitrogen and oxygen atoms in total. The lowest BCUT2D eigenvalue weighted by molar-refractivity contribution is -2.00. The van der Waals surface area contributed by atoms with Crippen LogP contribution in [0.4, 0.5) is 0 Å². The zero-order chi connectivity index (χ0) is 14.2. The summed E-state index contributed by atoms with van der Waals surface area (Å²) in [6.07, 6.45) is 0. The highest BCUT2D eigenvalue weighted by molar-refractivity contribution is 4.47. The Balaban J connectivity index is -0.000000160. The predicted octanol–water partition coefficient (Wildman–Crippen LogP) is -11.3. The smallest absolute Gasteiger partial charge is 0.133 e. The van der Waals surface area contributed by atoms with Gasteiger partial charge in [-0.15, -0.1) is 20.5 Å². The molecule has 0 spiro atoms. The van der Waals surface area contributed by atoms with Crippen LogP contribution in [0.2, 0.25) is 0 Å². The molecule has 0 aliphatic rings. The average Bonchev–Trinajstić information content (AvgIpc) is 1.77. The molecule has 0 aromatic carbocycles. The van der Waals surface area contributed by atoms with Gasteiger partial charge in [0.15, 0.2) is 0 Å². The van der Waals surface area contributed by atoms with Crippen molar-refractivity contribution in [1.82, 2.24) is 0 Å². The molecule has 0 radical (unpaired) electrons. The van der Waals surface area contributed by atoms with E-state index in [0.717, 1.165) is 0 Å². The van der Waals surface area contributed by atoms with Gasteiger partial charge in [0.1, 0.15) is 12.1 Å². The molecule has 0 aromatic rings. The maximum absolute atomic E-state index is 8.49. The van der Waals surface area contributed by atoms with E-state index in [4.69, 9.17) is 37.3 Å². The van der Waals surface area contributed by atoms with Gasteiger partial charge in [-0.2, -0.15) is 0 Å². The van der Waals surface area contributed by atoms with E-state index in [1.807, 2.05) is 0 Å². The normalized spacial score (nSPS) is 15.0. The summed E-state index contributed by atoms with van der Waals surface area (Å²) in [7, 11) is -9.89. The summed E-state index contributed by atoms with van der Waals surface area (Å²) in [5.74, 6) is 0. The molecule has 102 valence electrons. The first-order valence-electron chi connectivity index (χ1n) is 3.54. The monoisotopic (exact) mass is 288 g/mol. The molecule has 0 saturated heterocycles. The Bertz CT molecular complexity index is 125. The second-order valence-electron chi connectivity index (χ2n) is 2.71. The molecule has 0 bridgehead atoms. The Kier molecular flexibility index (Phi) is 12.4. The summed E-state index contributed by atoms with van der Waals surface area (Å²) in [6, 6.07) is 0.981. The standard InChI is InChI=1S/C4H12N2.2ClHO4/c1-3(5)4(2)6;2*2-1(3,4)5/h3-4H,5-6H2,1-2H3;2*(H,2,3,4,5). The Morgan fingerprint density at radius 2 is 0.688 bits per heavy atom. The third kappa shape index (κ3) is 141. The number of halogens is 2. The van der Waals surface area contributed by atoms with Crippen LogP contribution in [-0.4, -0.2) is 12.1 Å². The number of quaternary nitrogens is 2. The third-order valence-corrected chi connectivity index (χ3v) is 0.971. The van der Waals surface area contributed by atoms with Gasteiger partial charge in [-0.1, -0.05) is 0 Å². The van der Waals surface area contributed by atoms with Crippen molar-refractivity contribution in [3.8, 4) is 0 Å². The zero-order valence-electron chi connectivity index (χ0n) is 8.59. The molecule has 16 heavy (non-hydrogen) atoms. The minimum absolute atomic E-state index is 0.491. The van der Waals surface area contributed by atoms with E-state index < -0.39 is 20.5 Å². The molecule has 6 N–H and O–H groups in total. The van der Waals surface area contributed by atoms with Gasteiger partial charge < -0.3 is 11.5 Å². The van der Waals surface area contributed by atoms with Crippen molar-refractivity contribution < 1.29 is 69.2 Å². The van der Waals surface area contributed by atoms with E-state index in [1.54, 1.807) is 0 Å². The second kappa shape index (κ2) is 9.23. The lowest BCUT2D eigenvalue weighted by Gasteiger charge is -2.17. The highest BCUT2D eigenvalue weighted by atomic mass is 35.7. The second-order valence-corrected chi connectivity index (χ2v) is 4.22. The predicted molar refractivity (Wildman–Crippen MR) is 24.7 cm³/mol. The molecule has 0 fully saturated rings. The molecular formula is C4H14Cl2N2O8. The fourth-order valence-corrected chi connectivity index (χ4v) is 0. The van der Waals surface area contributed by atoms with Crippen molar-refractivity contribution in [3.63, 3.8) is 0 Å². The Labute approximate surface area is 95.8 Å². The van der Waals surface area contributed by atoms with Gasteiger partial charge >= 0.3 is 0 Å². The van der Waals surface area contributed by atoms with Gasteiger partial charge in [0.2, 0.25) is 0 Å². The van der Waals surface area contributed by atoms with Crippen LogP contribution in [0.3, 0.4) is 0 Å². The minimum atomic E-state index is -4.94. The van der Waals surface area contributed by atoms with Gasteiger partial charge in [0.25, 0.3) is 0 Å². The number of hydrogen-bond donors (Lipinski definition) is 2. The quantitative estimate of drug-likeness (QED) is 0.468. The molecular weight excluding hydrogens is 275 g/mol. The largest absolute Gasteiger partial charge is 0.350 e. The van der Waals surface area contributed by atoms with Crippen LogP contribution in [0, 0.1) is 20.5 Å². The lowest BCUT2D eigenvalue weighted by Crippen LogP contribution is -2.77. The summed E-state index contributed by atoms with van der Waals surface area (Å²) in [6.45, 7) is 4.13. The zero-order valence-corrected chi connectivity index (χ0v) is 10.1. The Morgan fingerprint density at radius 1 is 0.625 bits per heavy atom. The van der Waals surface area contributed by atoms with Crippen molar-refractivity contribution in [1.29, 1.82) is 0 Å². The summed E-state index contributed by atoms with van der Waals surface area (Å²) < 4.78 is 67.9. The van der Waals surface area contributed by atoms with E-state index in [2.05, 4.69) is 25.3 Å². The lowest BCUT2D eigenvalue weighted by atomic mass is 10.2. The van der Waals surface area contributed by atoms with Crippen LogP contribution in [0.25, 0.3) is 0 Å². The molecule has 2 atom stereocenters. The SMILES string of the molecule is CC([NH3+])C(C)[NH3+].[O-][Cl+3]([O-])([O-])[O-].[O-][Cl+3]([O-])([O-])[O-]. The van der Waals surface area contributed by atoms with Crippen molar-refractivity contribution >= 4 is 0 Å². The van der Waals surface area contributed by atoms with Crippen LogP contribution in [0.5, 0.6) is 0 Å². The third-order valence-electron chi connectivity index (χ3n) is 0.971. The molecule has 0 heterocycles. The van der Waals surface area contributed by atoms with Crippen LogP contribution in [-0.2, 0) is 0 Å². The summed E-state index contributed by atoms with van der Waals surface area (Å²) in [5.41, 5.74) is 7.55. The molecule has 0 rings (SSSR count).